The lowest BCUT2D eigenvalue weighted by atomic mass is 10.2. The molecule has 106 valence electrons. The molecule has 0 bridgehead atoms. The quantitative estimate of drug-likeness (QED) is 0.891. The highest BCUT2D eigenvalue weighted by molar-refractivity contribution is 9.10. The number of ether oxygens (including phenoxy) is 1. The Morgan fingerprint density at radius 2 is 2.21 bits per heavy atom. The molecule has 19 heavy (non-hydrogen) atoms. The fourth-order valence-electron chi connectivity index (χ4n) is 1.72. The third-order valence-electron chi connectivity index (χ3n) is 2.66. The van der Waals surface area contributed by atoms with Crippen LogP contribution < -0.4 is 10.6 Å². The van der Waals surface area contributed by atoms with Crippen LogP contribution in [0.15, 0.2) is 21.2 Å². The molecule has 1 aliphatic rings. The molecule has 1 fully saturated rings. The zero-order valence-corrected chi connectivity index (χ0v) is 12.9. The molecule has 0 saturated heterocycles. The molecule has 2 rings (SSSR count). The molecule has 0 aromatic carbocycles. The van der Waals surface area contributed by atoms with Gasteiger partial charge in [-0.3, -0.25) is 0 Å². The van der Waals surface area contributed by atoms with Gasteiger partial charge in [-0.2, -0.15) is 0 Å². The number of hydrogen-bond acceptors (Lipinski definition) is 4. The Balaban J connectivity index is 1.66. The first-order valence-corrected chi connectivity index (χ1v) is 7.10. The second-order valence-corrected chi connectivity index (χ2v) is 6.46. The number of alkyl carbamates (subject to hydrolysis) is 1. The van der Waals surface area contributed by atoms with E-state index in [4.69, 9.17) is 9.15 Å². The van der Waals surface area contributed by atoms with E-state index in [1.54, 1.807) is 0 Å². The Morgan fingerprint density at radius 3 is 2.79 bits per heavy atom. The summed E-state index contributed by atoms with van der Waals surface area (Å²) < 4.78 is 11.3. The maximum absolute atomic E-state index is 11.5. The standard InChI is InChI=1S/C13H19BrN2O3/c1-13(2,3)19-12(17)16-10-6-9(10)15-7-8-4-5-11(14)18-8/h4-5,9-10,15H,6-7H2,1-3H3,(H,16,17). The van der Waals surface area contributed by atoms with Crippen molar-refractivity contribution in [1.82, 2.24) is 10.6 Å². The van der Waals surface area contributed by atoms with Crippen molar-refractivity contribution >= 4 is 22.0 Å². The smallest absolute Gasteiger partial charge is 0.407 e. The molecule has 2 atom stereocenters. The first-order valence-electron chi connectivity index (χ1n) is 6.30. The van der Waals surface area contributed by atoms with Crippen molar-refractivity contribution in [2.24, 2.45) is 0 Å². The van der Waals surface area contributed by atoms with Crippen LogP contribution in [0.5, 0.6) is 0 Å². The van der Waals surface area contributed by atoms with Gasteiger partial charge in [-0.25, -0.2) is 4.79 Å². The molecule has 1 aromatic rings. The molecule has 5 nitrogen and oxygen atoms in total. The lowest BCUT2D eigenvalue weighted by molar-refractivity contribution is 0.0522. The van der Waals surface area contributed by atoms with Crippen molar-refractivity contribution in [2.75, 3.05) is 0 Å². The van der Waals surface area contributed by atoms with Gasteiger partial charge in [0.05, 0.1) is 6.54 Å². The molecule has 1 saturated carbocycles. The summed E-state index contributed by atoms with van der Waals surface area (Å²) in [6.45, 7) is 6.21. The minimum atomic E-state index is -0.456. The summed E-state index contributed by atoms with van der Waals surface area (Å²) in [5.41, 5.74) is -0.456. The molecule has 0 aliphatic heterocycles. The Labute approximate surface area is 121 Å². The van der Waals surface area contributed by atoms with Gasteiger partial charge < -0.3 is 19.8 Å². The maximum atomic E-state index is 11.5. The molecule has 0 radical (unpaired) electrons. The van der Waals surface area contributed by atoms with E-state index >= 15 is 0 Å². The average Bonchev–Trinajstić information content (AvgIpc) is 2.84. The van der Waals surface area contributed by atoms with Gasteiger partial charge in [0.2, 0.25) is 0 Å². The Morgan fingerprint density at radius 1 is 1.47 bits per heavy atom. The number of nitrogens with one attached hydrogen (secondary N) is 2. The summed E-state index contributed by atoms with van der Waals surface area (Å²) in [7, 11) is 0. The molecule has 6 heteroatoms. The number of halogens is 1. The van der Waals surface area contributed by atoms with Crippen molar-refractivity contribution in [1.29, 1.82) is 0 Å². The fourth-order valence-corrected chi connectivity index (χ4v) is 2.06. The lowest BCUT2D eigenvalue weighted by Gasteiger charge is -2.19. The Bertz CT molecular complexity index is 453. The number of furan rings is 1. The van der Waals surface area contributed by atoms with Gasteiger partial charge in [0.25, 0.3) is 0 Å². The summed E-state index contributed by atoms with van der Waals surface area (Å²) in [6, 6.07) is 4.21. The number of carbonyl (C=O) groups excluding carboxylic acids is 1. The highest BCUT2D eigenvalue weighted by Crippen LogP contribution is 2.23. The number of amides is 1. The molecule has 1 heterocycles. The minimum Gasteiger partial charge on any atom is -0.453 e. The van der Waals surface area contributed by atoms with E-state index in [9.17, 15) is 4.79 Å². The summed E-state index contributed by atoms with van der Waals surface area (Å²) in [6.07, 6.45) is 0.559. The van der Waals surface area contributed by atoms with Gasteiger partial charge in [-0.05, 0) is 55.3 Å². The minimum absolute atomic E-state index is 0.147. The van der Waals surface area contributed by atoms with Crippen LogP contribution in [-0.4, -0.2) is 23.8 Å². The predicted molar refractivity (Wildman–Crippen MR) is 74.8 cm³/mol. The van der Waals surface area contributed by atoms with Crippen molar-refractivity contribution < 1.29 is 13.9 Å². The summed E-state index contributed by atoms with van der Waals surface area (Å²) in [4.78, 5) is 11.5. The predicted octanol–water partition coefficient (Wildman–Crippen LogP) is 2.80. The molecule has 1 amide bonds. The van der Waals surface area contributed by atoms with Crippen LogP contribution in [0.4, 0.5) is 4.79 Å². The zero-order valence-electron chi connectivity index (χ0n) is 11.3. The molecular weight excluding hydrogens is 312 g/mol. The van der Waals surface area contributed by atoms with E-state index in [-0.39, 0.29) is 18.2 Å². The van der Waals surface area contributed by atoms with E-state index in [1.807, 2.05) is 32.9 Å². The van der Waals surface area contributed by atoms with Gasteiger partial charge in [0.15, 0.2) is 4.67 Å². The number of carbonyl (C=O) groups is 1. The fraction of sp³-hybridized carbons (Fsp3) is 0.615. The molecule has 2 N–H and O–H groups in total. The van der Waals surface area contributed by atoms with Crippen LogP contribution in [0.3, 0.4) is 0 Å². The van der Waals surface area contributed by atoms with Crippen molar-refractivity contribution in [3.8, 4) is 0 Å². The molecule has 1 aromatic heterocycles. The van der Waals surface area contributed by atoms with Crippen molar-refractivity contribution in [3.63, 3.8) is 0 Å². The molecule has 1 aliphatic carbocycles. The lowest BCUT2D eigenvalue weighted by Crippen LogP contribution is -2.36. The van der Waals surface area contributed by atoms with Gasteiger partial charge in [0.1, 0.15) is 11.4 Å². The third kappa shape index (κ3) is 4.87. The van der Waals surface area contributed by atoms with Gasteiger partial charge >= 0.3 is 6.09 Å². The Hall–Kier alpha value is -1.01. The van der Waals surface area contributed by atoms with Crippen LogP contribution in [0.25, 0.3) is 0 Å². The van der Waals surface area contributed by atoms with Crippen LogP contribution in [0, 0.1) is 0 Å². The SMILES string of the molecule is CC(C)(C)OC(=O)NC1CC1NCc1ccc(Br)o1. The number of hydrogen-bond donors (Lipinski definition) is 2. The van der Waals surface area contributed by atoms with E-state index in [0.717, 1.165) is 16.9 Å². The van der Waals surface area contributed by atoms with Crippen LogP contribution >= 0.6 is 15.9 Å². The first-order chi connectivity index (χ1) is 8.83. The highest BCUT2D eigenvalue weighted by Gasteiger charge is 2.39. The summed E-state index contributed by atoms with van der Waals surface area (Å²) >= 11 is 3.26. The first kappa shape index (κ1) is 14.4. The van der Waals surface area contributed by atoms with E-state index in [1.165, 1.54) is 0 Å². The summed E-state index contributed by atoms with van der Waals surface area (Å²) in [5, 5.41) is 6.16. The van der Waals surface area contributed by atoms with Gasteiger partial charge in [-0.15, -0.1) is 0 Å². The van der Waals surface area contributed by atoms with E-state index in [2.05, 4.69) is 26.6 Å². The van der Waals surface area contributed by atoms with E-state index < -0.39 is 5.60 Å². The van der Waals surface area contributed by atoms with Crippen LogP contribution in [-0.2, 0) is 11.3 Å². The second-order valence-electron chi connectivity index (χ2n) is 5.68. The monoisotopic (exact) mass is 330 g/mol. The average molecular weight is 331 g/mol. The van der Waals surface area contributed by atoms with Crippen molar-refractivity contribution in [2.45, 2.75) is 51.4 Å². The third-order valence-corrected chi connectivity index (χ3v) is 3.09. The molecular formula is C13H19BrN2O3. The normalized spacial score (nSPS) is 22.1. The van der Waals surface area contributed by atoms with Crippen LogP contribution in [0.2, 0.25) is 0 Å². The number of rotatable bonds is 4. The van der Waals surface area contributed by atoms with Crippen LogP contribution in [0.1, 0.15) is 33.0 Å². The van der Waals surface area contributed by atoms with Gasteiger partial charge in [0, 0.05) is 12.1 Å². The van der Waals surface area contributed by atoms with E-state index in [0.29, 0.717) is 6.54 Å². The topological polar surface area (TPSA) is 63.5 Å². The maximum Gasteiger partial charge on any atom is 0.407 e. The van der Waals surface area contributed by atoms with Gasteiger partial charge in [-0.1, -0.05) is 0 Å². The zero-order chi connectivity index (χ0) is 14.0. The van der Waals surface area contributed by atoms with Crippen molar-refractivity contribution in [3.05, 3.63) is 22.6 Å². The summed E-state index contributed by atoms with van der Waals surface area (Å²) in [5.74, 6) is 0.870. The Kier molecular flexibility index (Phi) is 4.20. The molecule has 0 spiro atoms. The second kappa shape index (κ2) is 5.54. The highest BCUT2D eigenvalue weighted by atomic mass is 79.9. The largest absolute Gasteiger partial charge is 0.453 e. The molecule has 2 unspecified atom stereocenters.